The first-order chi connectivity index (χ1) is 12.5. The molecule has 3 aliphatic rings. The number of nitriles is 1. The van der Waals surface area contributed by atoms with Gasteiger partial charge in [0.1, 0.15) is 17.7 Å². The van der Waals surface area contributed by atoms with Gasteiger partial charge in [0.2, 0.25) is 0 Å². The Morgan fingerprint density at radius 3 is 2.88 bits per heavy atom. The van der Waals surface area contributed by atoms with Gasteiger partial charge in [-0.05, 0) is 51.4 Å². The molecule has 0 saturated heterocycles. The summed E-state index contributed by atoms with van der Waals surface area (Å²) >= 11 is 3.34. The van der Waals surface area contributed by atoms with Crippen LogP contribution in [0.4, 0.5) is 0 Å². The van der Waals surface area contributed by atoms with Crippen LogP contribution < -0.4 is 10.5 Å². The molecule has 130 valence electrons. The van der Waals surface area contributed by atoms with E-state index in [1.54, 1.807) is 18.3 Å². The summed E-state index contributed by atoms with van der Waals surface area (Å²) in [5.41, 5.74) is 9.79. The number of benzene rings is 1. The molecule has 1 aromatic carbocycles. The van der Waals surface area contributed by atoms with E-state index in [4.69, 9.17) is 15.2 Å². The lowest BCUT2D eigenvalue weighted by Gasteiger charge is -2.36. The molecular formula is C19H14BrN3O3. The molecule has 3 N–H and O–H groups in total. The Hall–Kier alpha value is -2.98. The number of nitrogens with two attached hydrogens (primary N) is 1. The number of allylic oxidation sites excluding steroid dienone is 4. The number of aromatic hydroxyl groups is 1. The number of hydrogen-bond donors (Lipinski definition) is 2. The van der Waals surface area contributed by atoms with Crippen LogP contribution in [0.2, 0.25) is 0 Å². The molecule has 0 bridgehead atoms. The third kappa shape index (κ3) is 2.34. The van der Waals surface area contributed by atoms with E-state index >= 15 is 0 Å². The quantitative estimate of drug-likeness (QED) is 0.777. The number of aliphatic imine (C=N–C) groups is 1. The molecule has 0 saturated carbocycles. The fourth-order valence-corrected chi connectivity index (χ4v) is 3.89. The SMILES string of the molecule is COc1cc(C2C3=CC=C4N=CC=C4C3OC(N)=C2C#N)cc(Br)c1O. The second-order valence-corrected chi connectivity index (χ2v) is 6.85. The lowest BCUT2D eigenvalue weighted by atomic mass is 9.77. The summed E-state index contributed by atoms with van der Waals surface area (Å²) in [6.45, 7) is 0. The van der Waals surface area contributed by atoms with Crippen molar-refractivity contribution in [1.82, 2.24) is 0 Å². The Balaban J connectivity index is 1.92. The van der Waals surface area contributed by atoms with Crippen molar-refractivity contribution >= 4 is 22.1 Å². The third-order valence-corrected chi connectivity index (χ3v) is 5.24. The van der Waals surface area contributed by atoms with Gasteiger partial charge in [0.15, 0.2) is 17.4 Å². The predicted molar refractivity (Wildman–Crippen MR) is 99.5 cm³/mol. The number of methoxy groups -OCH3 is 1. The molecule has 0 fully saturated rings. The molecule has 1 aromatic rings. The van der Waals surface area contributed by atoms with Crippen LogP contribution in [-0.4, -0.2) is 24.5 Å². The van der Waals surface area contributed by atoms with Crippen molar-refractivity contribution in [3.05, 3.63) is 68.7 Å². The largest absolute Gasteiger partial charge is 0.503 e. The highest BCUT2D eigenvalue weighted by Crippen LogP contribution is 2.48. The van der Waals surface area contributed by atoms with Crippen molar-refractivity contribution in [2.45, 2.75) is 12.0 Å². The van der Waals surface area contributed by atoms with Gasteiger partial charge in [0.25, 0.3) is 0 Å². The van der Waals surface area contributed by atoms with E-state index in [1.807, 2.05) is 18.2 Å². The van der Waals surface area contributed by atoms with Crippen molar-refractivity contribution in [3.8, 4) is 17.6 Å². The summed E-state index contributed by atoms with van der Waals surface area (Å²) in [6, 6.07) is 5.63. The summed E-state index contributed by atoms with van der Waals surface area (Å²) < 4.78 is 11.6. The lowest BCUT2D eigenvalue weighted by Crippen LogP contribution is -2.33. The molecule has 4 rings (SSSR count). The van der Waals surface area contributed by atoms with Gasteiger partial charge in [-0.2, -0.15) is 5.26 Å². The van der Waals surface area contributed by atoms with Crippen LogP contribution in [0.1, 0.15) is 11.5 Å². The van der Waals surface area contributed by atoms with Gasteiger partial charge >= 0.3 is 0 Å². The molecule has 2 heterocycles. The smallest absolute Gasteiger partial charge is 0.200 e. The Kier molecular flexibility index (Phi) is 3.85. The summed E-state index contributed by atoms with van der Waals surface area (Å²) in [5.74, 6) is -0.00734. The van der Waals surface area contributed by atoms with Crippen LogP contribution in [0.15, 0.2) is 68.1 Å². The van der Waals surface area contributed by atoms with Crippen LogP contribution in [0.3, 0.4) is 0 Å². The van der Waals surface area contributed by atoms with Crippen LogP contribution in [-0.2, 0) is 4.74 Å². The topological polar surface area (TPSA) is 101 Å². The van der Waals surface area contributed by atoms with Crippen LogP contribution in [0.5, 0.6) is 11.5 Å². The minimum absolute atomic E-state index is 0.00188. The molecule has 0 amide bonds. The number of halogens is 1. The van der Waals surface area contributed by atoms with E-state index in [0.29, 0.717) is 15.8 Å². The van der Waals surface area contributed by atoms with Gasteiger partial charge in [-0.25, -0.2) is 0 Å². The van der Waals surface area contributed by atoms with E-state index in [-0.39, 0.29) is 11.6 Å². The second-order valence-electron chi connectivity index (χ2n) is 5.99. The van der Waals surface area contributed by atoms with E-state index < -0.39 is 12.0 Å². The van der Waals surface area contributed by atoms with Crippen molar-refractivity contribution in [2.24, 2.45) is 10.7 Å². The van der Waals surface area contributed by atoms with E-state index in [9.17, 15) is 10.4 Å². The molecule has 26 heavy (non-hydrogen) atoms. The molecule has 0 spiro atoms. The average molecular weight is 412 g/mol. The molecular weight excluding hydrogens is 398 g/mol. The summed E-state index contributed by atoms with van der Waals surface area (Å²) in [5, 5.41) is 19.8. The number of ether oxygens (including phenoxy) is 2. The molecule has 7 heteroatoms. The maximum Gasteiger partial charge on any atom is 0.200 e. The molecule has 2 aliphatic heterocycles. The fourth-order valence-electron chi connectivity index (χ4n) is 3.43. The van der Waals surface area contributed by atoms with Crippen molar-refractivity contribution in [3.63, 3.8) is 0 Å². The summed E-state index contributed by atoms with van der Waals surface area (Å²) in [6.07, 6.45) is 7.02. The third-order valence-electron chi connectivity index (χ3n) is 4.64. The fraction of sp³-hybridized carbons (Fsp3) is 0.158. The zero-order valence-corrected chi connectivity index (χ0v) is 15.3. The highest BCUT2D eigenvalue weighted by Gasteiger charge is 2.40. The summed E-state index contributed by atoms with van der Waals surface area (Å²) in [7, 11) is 1.48. The molecule has 1 aliphatic carbocycles. The molecule has 2 unspecified atom stereocenters. The van der Waals surface area contributed by atoms with Crippen LogP contribution in [0.25, 0.3) is 0 Å². The second kappa shape index (κ2) is 6.07. The zero-order valence-electron chi connectivity index (χ0n) is 13.7. The number of phenols is 1. The van der Waals surface area contributed by atoms with Gasteiger partial charge < -0.3 is 20.3 Å². The van der Waals surface area contributed by atoms with Crippen LogP contribution in [0, 0.1) is 11.3 Å². The Labute approximate surface area is 158 Å². The number of rotatable bonds is 2. The normalized spacial score (nSPS) is 23.2. The highest BCUT2D eigenvalue weighted by molar-refractivity contribution is 9.10. The molecule has 0 aromatic heterocycles. The standard InChI is InChI=1S/C19H14BrN3O3/c1-25-15-7-9(6-13(20)17(15)24)16-11-2-3-14-10(4-5-23-14)18(11)26-19(22)12(16)8-21/h2-7,16,18,24H,22H2,1H3. The first-order valence-electron chi connectivity index (χ1n) is 7.84. The average Bonchev–Trinajstić information content (AvgIpc) is 3.12. The van der Waals surface area contributed by atoms with Gasteiger partial charge in [0, 0.05) is 17.7 Å². The molecule has 0 radical (unpaired) electrons. The first-order valence-corrected chi connectivity index (χ1v) is 8.63. The maximum absolute atomic E-state index is 10.1. The zero-order chi connectivity index (χ0) is 18.4. The van der Waals surface area contributed by atoms with Crippen LogP contribution >= 0.6 is 15.9 Å². The van der Waals surface area contributed by atoms with Gasteiger partial charge in [-0.1, -0.05) is 6.08 Å². The Morgan fingerprint density at radius 2 is 2.15 bits per heavy atom. The highest BCUT2D eigenvalue weighted by atomic mass is 79.9. The van der Waals surface area contributed by atoms with Crippen molar-refractivity contribution in [1.29, 1.82) is 5.26 Å². The molecule has 2 atom stereocenters. The van der Waals surface area contributed by atoms with Gasteiger partial charge in [-0.15, -0.1) is 0 Å². The Bertz CT molecular complexity index is 1010. The predicted octanol–water partition coefficient (Wildman–Crippen LogP) is 3.17. The minimum Gasteiger partial charge on any atom is -0.503 e. The minimum atomic E-state index is -0.413. The number of fused-ring (bicyclic) bond motifs is 3. The first kappa shape index (κ1) is 16.5. The molecule has 6 nitrogen and oxygen atoms in total. The van der Waals surface area contributed by atoms with Crippen molar-refractivity contribution < 1.29 is 14.6 Å². The number of hydrogen-bond acceptors (Lipinski definition) is 6. The van der Waals surface area contributed by atoms with E-state index in [2.05, 4.69) is 27.0 Å². The monoisotopic (exact) mass is 411 g/mol. The van der Waals surface area contributed by atoms with Gasteiger partial charge in [0.05, 0.1) is 17.3 Å². The van der Waals surface area contributed by atoms with Crippen molar-refractivity contribution in [2.75, 3.05) is 7.11 Å². The van der Waals surface area contributed by atoms with E-state index in [0.717, 1.165) is 22.4 Å². The maximum atomic E-state index is 10.1. The number of phenolic OH excluding ortho intramolecular Hbond substituents is 1. The Morgan fingerprint density at radius 1 is 1.35 bits per heavy atom. The van der Waals surface area contributed by atoms with E-state index in [1.165, 1.54) is 7.11 Å². The van der Waals surface area contributed by atoms with Gasteiger partial charge in [-0.3, -0.25) is 4.99 Å². The number of nitrogens with zero attached hydrogens (tertiary/aromatic N) is 2. The lowest BCUT2D eigenvalue weighted by molar-refractivity contribution is 0.151. The summed E-state index contributed by atoms with van der Waals surface area (Å²) in [4.78, 5) is 4.30.